The summed E-state index contributed by atoms with van der Waals surface area (Å²) in [5.41, 5.74) is 0. The fourth-order valence-electron chi connectivity index (χ4n) is 1.40. The minimum atomic E-state index is 0. The molecule has 1 rings (SSSR count). The first-order chi connectivity index (χ1) is 7.57. The Balaban J connectivity index is 0.00000256. The van der Waals surface area contributed by atoms with Crippen LogP contribution in [0.2, 0.25) is 0 Å². The van der Waals surface area contributed by atoms with Crippen LogP contribution in [-0.4, -0.2) is 36.1 Å². The summed E-state index contributed by atoms with van der Waals surface area (Å²) in [5.74, 6) is 0.981. The zero-order chi connectivity index (χ0) is 12.0. The van der Waals surface area contributed by atoms with Gasteiger partial charge in [-0.2, -0.15) is 11.8 Å². The molecule has 0 aromatic heterocycles. The van der Waals surface area contributed by atoms with Crippen molar-refractivity contribution in [2.75, 3.05) is 19.3 Å². The van der Waals surface area contributed by atoms with Crippen molar-refractivity contribution in [1.82, 2.24) is 10.6 Å². The van der Waals surface area contributed by atoms with Gasteiger partial charge in [-0.15, -0.1) is 24.0 Å². The van der Waals surface area contributed by atoms with Crippen LogP contribution in [0.1, 0.15) is 40.0 Å². The van der Waals surface area contributed by atoms with E-state index in [4.69, 9.17) is 0 Å². The highest BCUT2D eigenvalue weighted by molar-refractivity contribution is 14.0. The molecule has 1 aliphatic carbocycles. The quantitative estimate of drug-likeness (QED) is 0.443. The van der Waals surface area contributed by atoms with Gasteiger partial charge in [0.25, 0.3) is 0 Å². The predicted octanol–water partition coefficient (Wildman–Crippen LogP) is 2.85. The standard InChI is InChI=1S/C12H25N3S.HI/c1-5-13-11(15-10-7-6-8-10)14-9-12(2,3)16-4;/h10H,5-9H2,1-4H3,(H2,13,14,15);1H. The summed E-state index contributed by atoms with van der Waals surface area (Å²) in [6.07, 6.45) is 6.07. The summed E-state index contributed by atoms with van der Waals surface area (Å²) in [7, 11) is 0. The number of hydrogen-bond acceptors (Lipinski definition) is 2. The smallest absolute Gasteiger partial charge is 0.191 e. The molecule has 3 nitrogen and oxygen atoms in total. The number of halogens is 1. The molecule has 0 unspecified atom stereocenters. The molecule has 1 aliphatic rings. The zero-order valence-electron chi connectivity index (χ0n) is 11.4. The van der Waals surface area contributed by atoms with Gasteiger partial charge < -0.3 is 10.6 Å². The Morgan fingerprint density at radius 2 is 2.06 bits per heavy atom. The fourth-order valence-corrected chi connectivity index (χ4v) is 1.59. The van der Waals surface area contributed by atoms with Crippen molar-refractivity contribution in [3.8, 4) is 0 Å². The molecular weight excluding hydrogens is 345 g/mol. The number of thioether (sulfide) groups is 1. The second kappa shape index (κ2) is 8.45. The van der Waals surface area contributed by atoms with Gasteiger partial charge in [-0.1, -0.05) is 0 Å². The third-order valence-electron chi connectivity index (χ3n) is 2.96. The van der Waals surface area contributed by atoms with Gasteiger partial charge in [0.15, 0.2) is 5.96 Å². The Labute approximate surface area is 127 Å². The van der Waals surface area contributed by atoms with Crippen LogP contribution in [0.25, 0.3) is 0 Å². The average Bonchev–Trinajstić information content (AvgIpc) is 2.19. The Morgan fingerprint density at radius 3 is 2.47 bits per heavy atom. The summed E-state index contributed by atoms with van der Waals surface area (Å²) >= 11 is 1.86. The maximum atomic E-state index is 4.65. The second-order valence-electron chi connectivity index (χ2n) is 4.93. The van der Waals surface area contributed by atoms with Gasteiger partial charge in [-0.3, -0.25) is 4.99 Å². The van der Waals surface area contributed by atoms with E-state index in [2.05, 4.69) is 42.7 Å². The molecule has 0 bridgehead atoms. The highest BCUT2D eigenvalue weighted by atomic mass is 127. The first-order valence-corrected chi connectivity index (χ1v) is 7.40. The van der Waals surface area contributed by atoms with Gasteiger partial charge in [-0.05, 0) is 46.3 Å². The molecular formula is C12H26IN3S. The summed E-state index contributed by atoms with van der Waals surface area (Å²) in [5, 5.41) is 6.79. The molecule has 0 atom stereocenters. The lowest BCUT2D eigenvalue weighted by Gasteiger charge is -2.29. The Hall–Kier alpha value is 0.350. The predicted molar refractivity (Wildman–Crippen MR) is 89.8 cm³/mol. The van der Waals surface area contributed by atoms with Gasteiger partial charge in [0.2, 0.25) is 0 Å². The van der Waals surface area contributed by atoms with Crippen molar-refractivity contribution >= 4 is 41.7 Å². The van der Waals surface area contributed by atoms with Crippen LogP contribution in [0, 0.1) is 0 Å². The van der Waals surface area contributed by atoms with E-state index in [0.717, 1.165) is 19.0 Å². The van der Waals surface area contributed by atoms with E-state index in [-0.39, 0.29) is 28.7 Å². The normalized spacial score (nSPS) is 17.1. The van der Waals surface area contributed by atoms with Crippen molar-refractivity contribution in [2.45, 2.75) is 50.8 Å². The Kier molecular flexibility index (Phi) is 8.63. The van der Waals surface area contributed by atoms with Crippen molar-refractivity contribution in [2.24, 2.45) is 4.99 Å². The maximum Gasteiger partial charge on any atom is 0.191 e. The molecule has 0 heterocycles. The molecule has 1 saturated carbocycles. The first-order valence-electron chi connectivity index (χ1n) is 6.17. The summed E-state index contributed by atoms with van der Waals surface area (Å²) in [6, 6.07) is 0.648. The molecule has 17 heavy (non-hydrogen) atoms. The number of aliphatic imine (C=N–C) groups is 1. The molecule has 1 fully saturated rings. The molecule has 5 heteroatoms. The minimum Gasteiger partial charge on any atom is -0.357 e. The van der Waals surface area contributed by atoms with Gasteiger partial charge in [0, 0.05) is 17.3 Å². The second-order valence-corrected chi connectivity index (χ2v) is 6.44. The molecule has 0 aliphatic heterocycles. The SMILES string of the molecule is CCNC(=NCC(C)(C)SC)NC1CCC1.I. The van der Waals surface area contributed by atoms with Crippen molar-refractivity contribution in [1.29, 1.82) is 0 Å². The summed E-state index contributed by atoms with van der Waals surface area (Å²) in [4.78, 5) is 4.65. The molecule has 0 amide bonds. The maximum absolute atomic E-state index is 4.65. The number of nitrogens with one attached hydrogen (secondary N) is 2. The number of rotatable bonds is 5. The van der Waals surface area contributed by atoms with E-state index >= 15 is 0 Å². The molecule has 102 valence electrons. The van der Waals surface area contributed by atoms with Gasteiger partial charge in [0.05, 0.1) is 6.54 Å². The number of nitrogens with zero attached hydrogens (tertiary/aromatic N) is 1. The third kappa shape index (κ3) is 6.74. The largest absolute Gasteiger partial charge is 0.357 e. The molecule has 2 N–H and O–H groups in total. The van der Waals surface area contributed by atoms with Gasteiger partial charge >= 0.3 is 0 Å². The lowest BCUT2D eigenvalue weighted by atomic mass is 9.93. The van der Waals surface area contributed by atoms with Crippen LogP contribution in [0.3, 0.4) is 0 Å². The van der Waals surface area contributed by atoms with Crippen LogP contribution in [0.4, 0.5) is 0 Å². The third-order valence-corrected chi connectivity index (χ3v) is 4.20. The van der Waals surface area contributed by atoms with Crippen LogP contribution < -0.4 is 10.6 Å². The highest BCUT2D eigenvalue weighted by Gasteiger charge is 2.19. The van der Waals surface area contributed by atoms with Crippen molar-refractivity contribution in [3.63, 3.8) is 0 Å². The fraction of sp³-hybridized carbons (Fsp3) is 0.917. The van der Waals surface area contributed by atoms with Crippen LogP contribution in [0.15, 0.2) is 4.99 Å². The number of hydrogen-bond donors (Lipinski definition) is 2. The molecule has 0 saturated heterocycles. The molecule has 0 radical (unpaired) electrons. The van der Waals surface area contributed by atoms with E-state index in [1.165, 1.54) is 19.3 Å². The van der Waals surface area contributed by atoms with Crippen LogP contribution in [0.5, 0.6) is 0 Å². The van der Waals surface area contributed by atoms with Crippen LogP contribution >= 0.6 is 35.7 Å². The lowest BCUT2D eigenvalue weighted by molar-refractivity contribution is 0.379. The van der Waals surface area contributed by atoms with E-state index in [9.17, 15) is 0 Å². The zero-order valence-corrected chi connectivity index (χ0v) is 14.5. The first kappa shape index (κ1) is 17.4. The summed E-state index contributed by atoms with van der Waals surface area (Å²) in [6.45, 7) is 8.36. The van der Waals surface area contributed by atoms with Gasteiger partial charge in [0.1, 0.15) is 0 Å². The minimum absolute atomic E-state index is 0. The lowest BCUT2D eigenvalue weighted by Crippen LogP contribution is -2.46. The summed E-state index contributed by atoms with van der Waals surface area (Å²) < 4.78 is 0.224. The monoisotopic (exact) mass is 371 g/mol. The topological polar surface area (TPSA) is 36.4 Å². The average molecular weight is 371 g/mol. The van der Waals surface area contributed by atoms with E-state index in [0.29, 0.717) is 6.04 Å². The molecule has 0 spiro atoms. The van der Waals surface area contributed by atoms with Gasteiger partial charge in [-0.25, -0.2) is 0 Å². The van der Waals surface area contributed by atoms with E-state index in [1.54, 1.807) is 0 Å². The van der Waals surface area contributed by atoms with Crippen molar-refractivity contribution in [3.05, 3.63) is 0 Å². The molecule has 0 aromatic rings. The van der Waals surface area contributed by atoms with Crippen LogP contribution in [-0.2, 0) is 0 Å². The molecule has 0 aromatic carbocycles. The van der Waals surface area contributed by atoms with E-state index in [1.807, 2.05) is 11.8 Å². The Morgan fingerprint density at radius 1 is 1.41 bits per heavy atom. The Bertz CT molecular complexity index is 240. The van der Waals surface area contributed by atoms with Crippen molar-refractivity contribution < 1.29 is 0 Å². The van der Waals surface area contributed by atoms with E-state index < -0.39 is 0 Å². The number of guanidine groups is 1. The highest BCUT2D eigenvalue weighted by Crippen LogP contribution is 2.21.